The van der Waals surface area contributed by atoms with E-state index >= 15 is 4.39 Å². The van der Waals surface area contributed by atoms with Gasteiger partial charge in [-0.1, -0.05) is 60.2 Å². The molecule has 1 atom stereocenters. The van der Waals surface area contributed by atoms with Crippen molar-refractivity contribution in [3.63, 3.8) is 0 Å². The third-order valence-electron chi connectivity index (χ3n) is 6.56. The van der Waals surface area contributed by atoms with Gasteiger partial charge in [0.2, 0.25) is 0 Å². The molecule has 1 fully saturated rings. The van der Waals surface area contributed by atoms with E-state index in [1.165, 1.54) is 24.0 Å². The maximum absolute atomic E-state index is 15.7. The van der Waals surface area contributed by atoms with Gasteiger partial charge in [0.1, 0.15) is 0 Å². The van der Waals surface area contributed by atoms with Crippen LogP contribution in [-0.2, 0) is 13.0 Å². The van der Waals surface area contributed by atoms with E-state index in [-0.39, 0.29) is 5.82 Å². The molecule has 0 saturated heterocycles. The number of benzene rings is 3. The molecule has 4 aromatic rings. The quantitative estimate of drug-likeness (QED) is 0.344. The molecule has 1 heterocycles. The minimum atomic E-state index is -0.130. The zero-order chi connectivity index (χ0) is 22.2. The van der Waals surface area contributed by atoms with Crippen molar-refractivity contribution in [1.29, 1.82) is 0 Å². The van der Waals surface area contributed by atoms with Crippen LogP contribution in [0.15, 0.2) is 66.7 Å². The lowest BCUT2D eigenvalue weighted by Gasteiger charge is -2.15. The fraction of sp³-hybridized carbons (Fsp3) is 0.310. The summed E-state index contributed by atoms with van der Waals surface area (Å²) in [6.45, 7) is 6.97. The smallest absolute Gasteiger partial charge is 0.156 e. The Kier molecular flexibility index (Phi) is 5.60. The van der Waals surface area contributed by atoms with Crippen molar-refractivity contribution in [3.05, 3.63) is 94.8 Å². The van der Waals surface area contributed by atoms with Gasteiger partial charge >= 0.3 is 0 Å². The summed E-state index contributed by atoms with van der Waals surface area (Å²) < 4.78 is 17.9. The molecule has 0 aliphatic heterocycles. The average Bonchev–Trinajstić information content (AvgIpc) is 3.55. The fourth-order valence-corrected chi connectivity index (χ4v) is 4.72. The molecule has 1 aromatic heterocycles. The molecule has 0 amide bonds. The van der Waals surface area contributed by atoms with Crippen LogP contribution in [0.25, 0.3) is 22.2 Å². The summed E-state index contributed by atoms with van der Waals surface area (Å²) in [6.07, 6.45) is 3.66. The number of halogens is 1. The molecule has 164 valence electrons. The molecule has 2 nitrogen and oxygen atoms in total. The lowest BCUT2D eigenvalue weighted by Crippen LogP contribution is -2.29. The Morgan fingerprint density at radius 1 is 0.969 bits per heavy atom. The van der Waals surface area contributed by atoms with Crippen molar-refractivity contribution in [2.45, 2.75) is 58.7 Å². The Morgan fingerprint density at radius 3 is 2.41 bits per heavy atom. The van der Waals surface area contributed by atoms with Crippen molar-refractivity contribution < 1.29 is 4.39 Å². The molecule has 5 rings (SSSR count). The molecular weight excluding hydrogens is 395 g/mol. The minimum Gasteiger partial charge on any atom is -0.334 e. The second-order valence-electron chi connectivity index (χ2n) is 9.45. The number of nitrogens with zero attached hydrogens (tertiary/aromatic N) is 1. The molecular formula is C29H31FN2. The van der Waals surface area contributed by atoms with Crippen LogP contribution < -0.4 is 5.32 Å². The van der Waals surface area contributed by atoms with Gasteiger partial charge in [-0.2, -0.15) is 0 Å². The van der Waals surface area contributed by atoms with E-state index in [1.54, 1.807) is 0 Å². The van der Waals surface area contributed by atoms with Crippen LogP contribution in [0.1, 0.15) is 42.0 Å². The lowest BCUT2D eigenvalue weighted by atomic mass is 10.0. The average molecular weight is 427 g/mol. The summed E-state index contributed by atoms with van der Waals surface area (Å²) in [6, 6.07) is 24.2. The molecule has 1 saturated carbocycles. The predicted molar refractivity (Wildman–Crippen MR) is 132 cm³/mol. The van der Waals surface area contributed by atoms with Crippen LogP contribution in [0.3, 0.4) is 0 Å². The van der Waals surface area contributed by atoms with Crippen LogP contribution in [0.4, 0.5) is 4.39 Å². The highest BCUT2D eigenvalue weighted by atomic mass is 19.1. The van der Waals surface area contributed by atoms with Gasteiger partial charge in [-0.3, -0.25) is 0 Å². The van der Waals surface area contributed by atoms with Crippen molar-refractivity contribution in [3.8, 4) is 11.3 Å². The van der Waals surface area contributed by atoms with E-state index < -0.39 is 0 Å². The SMILES string of the molecule is Cc1ccc2c(c1)c(F)c(-c1ccccc1C)n2Cc1ccc(CC(C)NC2CC2)cc1. The monoisotopic (exact) mass is 426 g/mol. The van der Waals surface area contributed by atoms with E-state index in [0.29, 0.717) is 23.7 Å². The molecule has 3 aromatic carbocycles. The molecule has 0 spiro atoms. The number of aryl methyl sites for hydroxylation is 2. The Balaban J connectivity index is 1.49. The molecule has 1 aliphatic rings. The van der Waals surface area contributed by atoms with Crippen LogP contribution in [0.5, 0.6) is 0 Å². The Hall–Kier alpha value is -2.91. The molecule has 0 radical (unpaired) electrons. The van der Waals surface area contributed by atoms with Crippen molar-refractivity contribution in [2.24, 2.45) is 0 Å². The van der Waals surface area contributed by atoms with Gasteiger partial charge in [-0.05, 0) is 68.9 Å². The summed E-state index contributed by atoms with van der Waals surface area (Å²) in [5.74, 6) is -0.130. The molecule has 0 bridgehead atoms. The first-order valence-electron chi connectivity index (χ1n) is 11.7. The summed E-state index contributed by atoms with van der Waals surface area (Å²) in [7, 11) is 0. The van der Waals surface area contributed by atoms with E-state index in [1.807, 2.05) is 44.2 Å². The Bertz CT molecular complexity index is 1250. The van der Waals surface area contributed by atoms with Crippen LogP contribution in [-0.4, -0.2) is 16.7 Å². The summed E-state index contributed by atoms with van der Waals surface area (Å²) in [4.78, 5) is 0. The van der Waals surface area contributed by atoms with Crippen LogP contribution in [0, 0.1) is 19.7 Å². The highest BCUT2D eigenvalue weighted by Crippen LogP contribution is 2.35. The van der Waals surface area contributed by atoms with Gasteiger partial charge in [0.05, 0.1) is 11.2 Å². The van der Waals surface area contributed by atoms with Crippen molar-refractivity contribution in [1.82, 2.24) is 9.88 Å². The second kappa shape index (κ2) is 8.55. The summed E-state index contributed by atoms with van der Waals surface area (Å²) >= 11 is 0. The van der Waals surface area contributed by atoms with E-state index in [4.69, 9.17) is 0 Å². The summed E-state index contributed by atoms with van der Waals surface area (Å²) in [5.41, 5.74) is 7.25. The third kappa shape index (κ3) is 4.22. The standard InChI is InChI=1S/C29H31FN2/c1-19-8-15-27-26(16-19)28(30)29(25-7-5-4-6-20(25)2)32(27)18-23-11-9-22(10-12-23)17-21(3)31-24-13-14-24/h4-12,15-16,21,24,31H,13-14,17-18H2,1-3H3. The van der Waals surface area contributed by atoms with Gasteiger partial charge in [0.25, 0.3) is 0 Å². The topological polar surface area (TPSA) is 17.0 Å². The van der Waals surface area contributed by atoms with E-state index in [9.17, 15) is 0 Å². The van der Waals surface area contributed by atoms with Gasteiger partial charge in [0.15, 0.2) is 5.82 Å². The lowest BCUT2D eigenvalue weighted by molar-refractivity contribution is 0.542. The first-order chi connectivity index (χ1) is 15.5. The molecule has 1 aliphatic carbocycles. The molecule has 3 heteroatoms. The van der Waals surface area contributed by atoms with Crippen LogP contribution in [0.2, 0.25) is 0 Å². The van der Waals surface area contributed by atoms with Gasteiger partial charge in [-0.15, -0.1) is 0 Å². The molecule has 1 N–H and O–H groups in total. The number of fused-ring (bicyclic) bond motifs is 1. The van der Waals surface area contributed by atoms with Crippen LogP contribution >= 0.6 is 0 Å². The fourth-order valence-electron chi connectivity index (χ4n) is 4.72. The number of aromatic nitrogens is 1. The number of nitrogens with one attached hydrogen (secondary N) is 1. The summed E-state index contributed by atoms with van der Waals surface area (Å²) in [5, 5.41) is 4.36. The zero-order valence-electron chi connectivity index (χ0n) is 19.2. The number of rotatable bonds is 7. The molecule has 1 unspecified atom stereocenters. The second-order valence-corrected chi connectivity index (χ2v) is 9.45. The maximum Gasteiger partial charge on any atom is 0.156 e. The van der Waals surface area contributed by atoms with Crippen molar-refractivity contribution >= 4 is 10.9 Å². The number of hydrogen-bond acceptors (Lipinski definition) is 1. The highest BCUT2D eigenvalue weighted by Gasteiger charge is 2.23. The third-order valence-corrected chi connectivity index (χ3v) is 6.56. The van der Waals surface area contributed by atoms with Crippen molar-refractivity contribution in [2.75, 3.05) is 0 Å². The van der Waals surface area contributed by atoms with E-state index in [2.05, 4.69) is 53.2 Å². The van der Waals surface area contributed by atoms with Gasteiger partial charge in [-0.25, -0.2) is 4.39 Å². The first kappa shape index (κ1) is 21.0. The Labute approximate surface area is 190 Å². The molecule has 32 heavy (non-hydrogen) atoms. The normalized spacial score (nSPS) is 14.8. The minimum absolute atomic E-state index is 0.130. The Morgan fingerprint density at radius 2 is 1.69 bits per heavy atom. The largest absolute Gasteiger partial charge is 0.334 e. The van der Waals surface area contributed by atoms with E-state index in [0.717, 1.165) is 34.7 Å². The number of hydrogen-bond donors (Lipinski definition) is 1. The van der Waals surface area contributed by atoms with Gasteiger partial charge < -0.3 is 9.88 Å². The van der Waals surface area contributed by atoms with Gasteiger partial charge in [0, 0.05) is 29.6 Å². The first-order valence-corrected chi connectivity index (χ1v) is 11.7. The highest BCUT2D eigenvalue weighted by molar-refractivity contribution is 5.89. The zero-order valence-corrected chi connectivity index (χ0v) is 19.2. The predicted octanol–water partition coefficient (Wildman–Crippen LogP) is 6.80. The maximum atomic E-state index is 15.7.